The number of carbonyl (C=O) groups excluding carboxylic acids is 2. The lowest BCUT2D eigenvalue weighted by Gasteiger charge is -2.22. The Morgan fingerprint density at radius 1 is 1.38 bits per heavy atom. The molecule has 1 aliphatic heterocycles. The molecule has 0 bridgehead atoms. The lowest BCUT2D eigenvalue weighted by Crippen LogP contribution is -2.25. The van der Waals surface area contributed by atoms with Gasteiger partial charge in [0.2, 0.25) is 0 Å². The number of rotatable bonds is 5. The van der Waals surface area contributed by atoms with E-state index >= 15 is 0 Å². The first-order valence-corrected chi connectivity index (χ1v) is 9.34. The molecule has 3 heterocycles. The number of nitrogens with two attached hydrogens (primary N) is 2. The molecule has 4 rings (SSSR count). The van der Waals surface area contributed by atoms with Crippen molar-refractivity contribution >= 4 is 28.6 Å². The van der Waals surface area contributed by atoms with Gasteiger partial charge in [-0.3, -0.25) is 14.6 Å². The number of anilines is 1. The van der Waals surface area contributed by atoms with Crippen LogP contribution in [0.25, 0.3) is 22.2 Å². The van der Waals surface area contributed by atoms with Crippen LogP contribution in [0.2, 0.25) is 0 Å². The van der Waals surface area contributed by atoms with Crippen molar-refractivity contribution in [2.24, 2.45) is 5.73 Å². The number of primary amides is 1. The van der Waals surface area contributed by atoms with Gasteiger partial charge in [-0.15, -0.1) is 0 Å². The molecular weight excluding hydrogens is 374 g/mol. The maximum Gasteiger partial charge on any atom is 0.307 e. The average Bonchev–Trinajstić information content (AvgIpc) is 3.05. The number of hydrogen-bond donors (Lipinski definition) is 2. The molecular formula is C20H21N5O4. The van der Waals surface area contributed by atoms with Gasteiger partial charge in [-0.05, 0) is 25.1 Å². The van der Waals surface area contributed by atoms with Crippen LogP contribution in [-0.4, -0.2) is 39.9 Å². The summed E-state index contributed by atoms with van der Waals surface area (Å²) in [5, 5.41) is 5.39. The molecule has 1 unspecified atom stereocenters. The summed E-state index contributed by atoms with van der Waals surface area (Å²) in [5.74, 6) is -0.139. The van der Waals surface area contributed by atoms with Gasteiger partial charge in [-0.2, -0.15) is 5.10 Å². The number of benzene rings is 1. The fourth-order valence-electron chi connectivity index (χ4n) is 3.53. The average molecular weight is 395 g/mol. The van der Waals surface area contributed by atoms with Crippen molar-refractivity contribution < 1.29 is 19.1 Å². The highest BCUT2D eigenvalue weighted by Crippen LogP contribution is 2.33. The Balaban J connectivity index is 1.79. The summed E-state index contributed by atoms with van der Waals surface area (Å²) in [5.41, 5.74) is 13.6. The number of esters is 1. The zero-order chi connectivity index (χ0) is 20.5. The molecule has 0 aliphatic carbocycles. The van der Waals surface area contributed by atoms with Gasteiger partial charge in [-0.1, -0.05) is 0 Å². The molecule has 1 aromatic carbocycles. The lowest BCUT2D eigenvalue weighted by atomic mass is 10.1. The van der Waals surface area contributed by atoms with E-state index in [9.17, 15) is 9.59 Å². The Labute approximate surface area is 166 Å². The molecule has 1 aliphatic rings. The van der Waals surface area contributed by atoms with E-state index in [1.807, 2.05) is 31.2 Å². The van der Waals surface area contributed by atoms with Gasteiger partial charge in [0.05, 0.1) is 31.2 Å². The van der Waals surface area contributed by atoms with E-state index in [0.29, 0.717) is 24.3 Å². The molecule has 4 N–H and O–H groups in total. The SMILES string of the molecule is CCOc1ccc2cc(-c3nn(C4CCOC(=O)C4)c(N)c3C(N)=O)cnc2c1. The monoisotopic (exact) mass is 395 g/mol. The molecule has 9 heteroatoms. The van der Waals surface area contributed by atoms with Crippen molar-refractivity contribution in [1.29, 1.82) is 0 Å². The first-order chi connectivity index (χ1) is 14.0. The van der Waals surface area contributed by atoms with Crippen LogP contribution < -0.4 is 16.2 Å². The zero-order valence-corrected chi connectivity index (χ0v) is 15.9. The first-order valence-electron chi connectivity index (χ1n) is 9.34. The van der Waals surface area contributed by atoms with Gasteiger partial charge < -0.3 is 20.9 Å². The normalized spacial score (nSPS) is 16.6. The highest BCUT2D eigenvalue weighted by Gasteiger charge is 2.29. The Kier molecular flexibility index (Phi) is 4.79. The van der Waals surface area contributed by atoms with Crippen molar-refractivity contribution in [3.8, 4) is 17.0 Å². The molecule has 150 valence electrons. The summed E-state index contributed by atoms with van der Waals surface area (Å²) in [6, 6.07) is 7.17. The third kappa shape index (κ3) is 3.46. The number of hydrogen-bond acceptors (Lipinski definition) is 7. The van der Waals surface area contributed by atoms with Crippen molar-refractivity contribution in [2.45, 2.75) is 25.8 Å². The summed E-state index contributed by atoms with van der Waals surface area (Å²) in [4.78, 5) is 28.2. The van der Waals surface area contributed by atoms with E-state index in [1.54, 1.807) is 6.20 Å². The largest absolute Gasteiger partial charge is 0.494 e. The number of pyridine rings is 1. The molecule has 1 amide bonds. The quantitative estimate of drug-likeness (QED) is 0.631. The van der Waals surface area contributed by atoms with Gasteiger partial charge in [0.25, 0.3) is 5.91 Å². The number of cyclic esters (lactones) is 1. The van der Waals surface area contributed by atoms with E-state index in [0.717, 1.165) is 16.7 Å². The number of amides is 1. The van der Waals surface area contributed by atoms with Crippen LogP contribution in [0.3, 0.4) is 0 Å². The molecule has 29 heavy (non-hydrogen) atoms. The minimum Gasteiger partial charge on any atom is -0.494 e. The van der Waals surface area contributed by atoms with Crippen LogP contribution in [0, 0.1) is 0 Å². The second kappa shape index (κ2) is 7.42. The second-order valence-electron chi connectivity index (χ2n) is 6.80. The third-order valence-electron chi connectivity index (χ3n) is 4.90. The van der Waals surface area contributed by atoms with Crippen LogP contribution in [0.15, 0.2) is 30.5 Å². The van der Waals surface area contributed by atoms with E-state index in [4.69, 9.17) is 20.9 Å². The van der Waals surface area contributed by atoms with Crippen LogP contribution >= 0.6 is 0 Å². The van der Waals surface area contributed by atoms with Gasteiger partial charge in [0, 0.05) is 29.6 Å². The first kappa shape index (κ1) is 18.7. The molecule has 0 spiro atoms. The van der Waals surface area contributed by atoms with Gasteiger partial charge in [-0.25, -0.2) is 4.68 Å². The smallest absolute Gasteiger partial charge is 0.307 e. The fourth-order valence-corrected chi connectivity index (χ4v) is 3.53. The van der Waals surface area contributed by atoms with E-state index in [1.165, 1.54) is 4.68 Å². The Morgan fingerprint density at radius 3 is 2.93 bits per heavy atom. The summed E-state index contributed by atoms with van der Waals surface area (Å²) in [6.07, 6.45) is 2.32. The maximum absolute atomic E-state index is 12.1. The minimum absolute atomic E-state index is 0.121. The number of aromatic nitrogens is 3. The van der Waals surface area contributed by atoms with Gasteiger partial charge >= 0.3 is 5.97 Å². The lowest BCUT2D eigenvalue weighted by molar-refractivity contribution is -0.148. The van der Waals surface area contributed by atoms with Crippen LogP contribution in [-0.2, 0) is 9.53 Å². The summed E-state index contributed by atoms with van der Waals surface area (Å²) >= 11 is 0. The summed E-state index contributed by atoms with van der Waals surface area (Å²) < 4.78 is 12.0. The minimum atomic E-state index is -0.686. The molecule has 9 nitrogen and oxygen atoms in total. The van der Waals surface area contributed by atoms with Crippen molar-refractivity contribution in [1.82, 2.24) is 14.8 Å². The summed E-state index contributed by atoms with van der Waals surface area (Å²) in [7, 11) is 0. The van der Waals surface area contributed by atoms with Crippen molar-refractivity contribution in [3.05, 3.63) is 36.0 Å². The predicted molar refractivity (Wildman–Crippen MR) is 106 cm³/mol. The molecule has 2 aromatic heterocycles. The standard InChI is InChI=1S/C20H21N5O4/c1-2-28-14-4-3-11-7-12(10-23-15(11)9-14)18-17(20(22)27)19(21)25(24-18)13-5-6-29-16(26)8-13/h3-4,7,9-10,13H,2,5-6,8,21H2,1H3,(H2,22,27). The van der Waals surface area contributed by atoms with E-state index < -0.39 is 5.91 Å². The van der Waals surface area contributed by atoms with E-state index in [-0.39, 0.29) is 36.4 Å². The molecule has 0 radical (unpaired) electrons. The molecule has 1 atom stereocenters. The molecule has 0 saturated carbocycles. The number of nitrogens with zero attached hydrogens (tertiary/aromatic N) is 3. The summed E-state index contributed by atoms with van der Waals surface area (Å²) in [6.45, 7) is 2.76. The van der Waals surface area contributed by atoms with Crippen LogP contribution in [0.4, 0.5) is 5.82 Å². The number of nitrogen functional groups attached to an aromatic ring is 1. The Morgan fingerprint density at radius 2 is 2.21 bits per heavy atom. The highest BCUT2D eigenvalue weighted by molar-refractivity contribution is 6.03. The zero-order valence-electron chi connectivity index (χ0n) is 15.9. The van der Waals surface area contributed by atoms with Gasteiger partial charge in [0.1, 0.15) is 22.8 Å². The third-order valence-corrected chi connectivity index (χ3v) is 4.90. The number of carbonyl (C=O) groups is 2. The predicted octanol–water partition coefficient (Wildman–Crippen LogP) is 2.06. The Bertz CT molecular complexity index is 1110. The molecule has 1 saturated heterocycles. The van der Waals surface area contributed by atoms with Crippen molar-refractivity contribution in [2.75, 3.05) is 18.9 Å². The van der Waals surface area contributed by atoms with Crippen LogP contribution in [0.1, 0.15) is 36.2 Å². The number of ether oxygens (including phenoxy) is 2. The molecule has 1 fully saturated rings. The van der Waals surface area contributed by atoms with Gasteiger partial charge in [0.15, 0.2) is 0 Å². The van der Waals surface area contributed by atoms with Crippen LogP contribution in [0.5, 0.6) is 5.75 Å². The Hall–Kier alpha value is -3.62. The second-order valence-corrected chi connectivity index (χ2v) is 6.80. The van der Waals surface area contributed by atoms with E-state index in [2.05, 4.69) is 10.1 Å². The fraction of sp³-hybridized carbons (Fsp3) is 0.300. The van der Waals surface area contributed by atoms with Crippen molar-refractivity contribution in [3.63, 3.8) is 0 Å². The maximum atomic E-state index is 12.1. The number of fused-ring (bicyclic) bond motifs is 1. The highest BCUT2D eigenvalue weighted by atomic mass is 16.5. The molecule has 3 aromatic rings. The topological polar surface area (TPSA) is 135 Å².